The largest absolute Gasteiger partial charge is 0.467 e. The maximum atomic E-state index is 12.2. The molecule has 3 aromatic rings. The number of aromatic nitrogens is 3. The molecule has 9 nitrogen and oxygen atoms in total. The number of ether oxygens (including phenoxy) is 1. The van der Waals surface area contributed by atoms with E-state index in [-0.39, 0.29) is 5.91 Å². The van der Waals surface area contributed by atoms with Gasteiger partial charge in [0.05, 0.1) is 36.4 Å². The Kier molecular flexibility index (Phi) is 5.14. The number of benzene rings is 1. The summed E-state index contributed by atoms with van der Waals surface area (Å²) in [5, 5.41) is 14.4. The van der Waals surface area contributed by atoms with E-state index in [1.807, 2.05) is 25.7 Å². The van der Waals surface area contributed by atoms with Crippen LogP contribution in [-0.4, -0.2) is 45.2 Å². The van der Waals surface area contributed by atoms with E-state index in [2.05, 4.69) is 25.9 Å². The van der Waals surface area contributed by atoms with Gasteiger partial charge in [0.25, 0.3) is 0 Å². The molecule has 1 amide bonds. The van der Waals surface area contributed by atoms with Crippen LogP contribution in [0.15, 0.2) is 18.5 Å². The van der Waals surface area contributed by atoms with Crippen molar-refractivity contribution in [1.29, 1.82) is 0 Å². The van der Waals surface area contributed by atoms with E-state index in [1.54, 1.807) is 12.4 Å². The average Bonchev–Trinajstić information content (AvgIpc) is 3.08. The van der Waals surface area contributed by atoms with Gasteiger partial charge in [-0.3, -0.25) is 4.79 Å². The van der Waals surface area contributed by atoms with Crippen molar-refractivity contribution in [3.8, 4) is 0 Å². The monoisotopic (exact) mass is 423 g/mol. The molecule has 1 atom stereocenters. The number of amides is 1. The zero-order valence-corrected chi connectivity index (χ0v) is 18.2. The number of nitrogens with zero attached hydrogens (tertiary/aromatic N) is 4. The van der Waals surface area contributed by atoms with Crippen molar-refractivity contribution in [1.82, 2.24) is 14.5 Å². The summed E-state index contributed by atoms with van der Waals surface area (Å²) in [5.41, 5.74) is 5.65. The molecule has 0 saturated heterocycles. The minimum Gasteiger partial charge on any atom is -0.467 e. The van der Waals surface area contributed by atoms with E-state index in [1.165, 1.54) is 14.0 Å². The van der Waals surface area contributed by atoms with Crippen LogP contribution in [0, 0.1) is 20.8 Å². The Balaban J connectivity index is 1.92. The second kappa shape index (κ2) is 7.66. The van der Waals surface area contributed by atoms with E-state index in [9.17, 15) is 14.7 Å². The highest BCUT2D eigenvalue weighted by atomic mass is 16.5. The van der Waals surface area contributed by atoms with E-state index in [0.29, 0.717) is 23.7 Å². The van der Waals surface area contributed by atoms with Gasteiger partial charge in [-0.2, -0.15) is 0 Å². The zero-order valence-electron chi connectivity index (χ0n) is 18.2. The van der Waals surface area contributed by atoms with E-state index in [0.717, 1.165) is 40.0 Å². The molecule has 0 unspecified atom stereocenters. The number of aryl methyl sites for hydroxylation is 2. The molecule has 2 aromatic heterocycles. The van der Waals surface area contributed by atoms with Crippen molar-refractivity contribution in [3.63, 3.8) is 0 Å². The molecule has 31 heavy (non-hydrogen) atoms. The van der Waals surface area contributed by atoms with Crippen molar-refractivity contribution in [2.24, 2.45) is 0 Å². The fourth-order valence-electron chi connectivity index (χ4n) is 4.45. The molecule has 0 fully saturated rings. The Bertz CT molecular complexity index is 1200. The van der Waals surface area contributed by atoms with Crippen LogP contribution in [0.4, 0.5) is 17.3 Å². The number of hydrogen-bond acceptors (Lipinski definition) is 7. The van der Waals surface area contributed by atoms with Gasteiger partial charge in [0.1, 0.15) is 0 Å². The minimum absolute atomic E-state index is 0.194. The van der Waals surface area contributed by atoms with Crippen LogP contribution in [0.3, 0.4) is 0 Å². The van der Waals surface area contributed by atoms with Crippen LogP contribution < -0.4 is 10.2 Å². The summed E-state index contributed by atoms with van der Waals surface area (Å²) in [6.45, 7) is 8.64. The van der Waals surface area contributed by atoms with E-state index >= 15 is 0 Å². The highest BCUT2D eigenvalue weighted by Crippen LogP contribution is 2.44. The van der Waals surface area contributed by atoms with Crippen LogP contribution in [0.1, 0.15) is 35.4 Å². The lowest BCUT2D eigenvalue weighted by atomic mass is 9.92. The smallest absolute Gasteiger partial charge is 0.339 e. The summed E-state index contributed by atoms with van der Waals surface area (Å²) in [7, 11) is 1.26. The SMILES string of the molecule is COC(=O)[C@@H](O)c1c(C)c2c3c(cc(C)n3CCN2c2ncc(NC(C)=O)cn2)c1C. The summed E-state index contributed by atoms with van der Waals surface area (Å²) < 4.78 is 7.03. The van der Waals surface area contributed by atoms with Crippen molar-refractivity contribution in [3.05, 3.63) is 40.8 Å². The average molecular weight is 423 g/mol. The lowest BCUT2D eigenvalue weighted by Gasteiger charge is -2.33. The number of aliphatic hydroxyl groups excluding tert-OH is 1. The van der Waals surface area contributed by atoms with Crippen LogP contribution in [-0.2, 0) is 20.9 Å². The quantitative estimate of drug-likeness (QED) is 0.621. The Morgan fingerprint density at radius 2 is 1.84 bits per heavy atom. The first-order valence-corrected chi connectivity index (χ1v) is 10.0. The molecule has 0 aliphatic carbocycles. The second-order valence-electron chi connectivity index (χ2n) is 7.74. The first kappa shape index (κ1) is 20.8. The predicted molar refractivity (Wildman–Crippen MR) is 116 cm³/mol. The number of rotatable bonds is 4. The summed E-state index contributed by atoms with van der Waals surface area (Å²) in [4.78, 5) is 34.3. The fourth-order valence-corrected chi connectivity index (χ4v) is 4.45. The molecule has 4 rings (SSSR count). The highest BCUT2D eigenvalue weighted by Gasteiger charge is 2.32. The topological polar surface area (TPSA) is 110 Å². The van der Waals surface area contributed by atoms with Crippen LogP contribution in [0.25, 0.3) is 10.9 Å². The number of nitrogens with one attached hydrogen (secondary N) is 1. The summed E-state index contributed by atoms with van der Waals surface area (Å²) in [6.07, 6.45) is 1.74. The maximum absolute atomic E-state index is 12.2. The van der Waals surface area contributed by atoms with Gasteiger partial charge < -0.3 is 24.6 Å². The summed E-state index contributed by atoms with van der Waals surface area (Å²) in [5.74, 6) is -0.418. The fraction of sp³-hybridized carbons (Fsp3) is 0.364. The van der Waals surface area contributed by atoms with E-state index < -0.39 is 12.1 Å². The molecular formula is C22H25N5O4. The molecule has 2 N–H and O–H groups in total. The summed E-state index contributed by atoms with van der Waals surface area (Å²) >= 11 is 0. The molecule has 0 saturated carbocycles. The lowest BCUT2D eigenvalue weighted by Crippen LogP contribution is -2.31. The molecule has 9 heteroatoms. The second-order valence-corrected chi connectivity index (χ2v) is 7.74. The Morgan fingerprint density at radius 1 is 1.16 bits per heavy atom. The van der Waals surface area contributed by atoms with E-state index in [4.69, 9.17) is 4.74 Å². The normalized spacial score (nSPS) is 13.9. The van der Waals surface area contributed by atoms with Gasteiger partial charge in [0, 0.05) is 36.7 Å². The number of carbonyl (C=O) groups excluding carboxylic acids is 2. The van der Waals surface area contributed by atoms with Gasteiger partial charge in [-0.15, -0.1) is 0 Å². The van der Waals surface area contributed by atoms with Crippen molar-refractivity contribution >= 4 is 40.1 Å². The highest BCUT2D eigenvalue weighted by molar-refractivity contribution is 6.01. The Morgan fingerprint density at radius 3 is 2.45 bits per heavy atom. The zero-order chi connectivity index (χ0) is 22.4. The van der Waals surface area contributed by atoms with Gasteiger partial charge in [0.2, 0.25) is 11.9 Å². The molecule has 162 valence electrons. The molecule has 0 radical (unpaired) electrons. The number of anilines is 3. The number of hydrogen-bond donors (Lipinski definition) is 2. The van der Waals surface area contributed by atoms with Crippen molar-refractivity contribution < 1.29 is 19.4 Å². The lowest BCUT2D eigenvalue weighted by molar-refractivity contribution is -0.150. The van der Waals surface area contributed by atoms with Crippen LogP contribution in [0.5, 0.6) is 0 Å². The number of carbonyl (C=O) groups is 2. The van der Waals surface area contributed by atoms with Crippen LogP contribution in [0.2, 0.25) is 0 Å². The van der Waals surface area contributed by atoms with Gasteiger partial charge in [-0.1, -0.05) is 0 Å². The summed E-state index contributed by atoms with van der Waals surface area (Å²) in [6, 6.07) is 2.07. The van der Waals surface area contributed by atoms with Gasteiger partial charge in [0.15, 0.2) is 6.10 Å². The van der Waals surface area contributed by atoms with Crippen molar-refractivity contribution in [2.75, 3.05) is 23.9 Å². The molecule has 1 aliphatic heterocycles. The molecule has 1 aliphatic rings. The molecule has 0 spiro atoms. The molecular weight excluding hydrogens is 398 g/mol. The van der Waals surface area contributed by atoms with Gasteiger partial charge >= 0.3 is 5.97 Å². The minimum atomic E-state index is -1.39. The molecule has 1 aromatic carbocycles. The van der Waals surface area contributed by atoms with Gasteiger partial charge in [-0.25, -0.2) is 14.8 Å². The van der Waals surface area contributed by atoms with Gasteiger partial charge in [-0.05, 0) is 38.0 Å². The third kappa shape index (κ3) is 3.31. The first-order chi connectivity index (χ1) is 14.7. The maximum Gasteiger partial charge on any atom is 0.339 e. The molecule has 3 heterocycles. The third-order valence-corrected chi connectivity index (χ3v) is 5.81. The number of esters is 1. The molecule has 0 bridgehead atoms. The van der Waals surface area contributed by atoms with Crippen molar-refractivity contribution in [2.45, 2.75) is 40.3 Å². The third-order valence-electron chi connectivity index (χ3n) is 5.81. The number of aliphatic hydroxyl groups is 1. The Labute approximate surface area is 179 Å². The Hall–Kier alpha value is -3.46. The predicted octanol–water partition coefficient (Wildman–Crippen LogP) is 2.67. The first-order valence-electron chi connectivity index (χ1n) is 10.0. The van der Waals surface area contributed by atoms with Crippen LogP contribution >= 0.6 is 0 Å². The standard InChI is InChI=1S/C22H25N5O4/c1-11-8-16-12(2)17(20(29)21(30)31-5)13(3)18-19(16)26(11)6-7-27(18)22-23-9-15(10-24-22)25-14(4)28/h8-10,20,29H,6-7H2,1-5H3,(H,25,28)/t20-/m0/s1. The number of methoxy groups -OCH3 is 1.